The summed E-state index contributed by atoms with van der Waals surface area (Å²) in [5.74, 6) is 2.35. The van der Waals surface area contributed by atoms with Gasteiger partial charge in [0.05, 0.1) is 12.2 Å². The number of hydrogen-bond donors (Lipinski definition) is 0. The molecule has 2 aliphatic rings. The van der Waals surface area contributed by atoms with Gasteiger partial charge in [-0.05, 0) is 73.3 Å². The van der Waals surface area contributed by atoms with Gasteiger partial charge >= 0.3 is 0 Å². The molecule has 0 saturated heterocycles. The summed E-state index contributed by atoms with van der Waals surface area (Å²) in [4.78, 5) is 0. The molecule has 1 nitrogen and oxygen atoms in total. The van der Waals surface area contributed by atoms with E-state index >= 15 is 0 Å². The number of ether oxygens (including phenoxy) is 1. The Hall–Kier alpha value is -0.560. The van der Waals surface area contributed by atoms with Crippen LogP contribution >= 0.6 is 0 Å². The summed E-state index contributed by atoms with van der Waals surface area (Å²) in [7, 11) is 0. The third-order valence-electron chi connectivity index (χ3n) is 9.98. The Balaban J connectivity index is 2.25. The standard InChI is InChI=1S/C40H74O/c1-33(2)39(37-29-25-21-17-13-9-7-11-15-19-23-27-35(5)31-37)41-40(34(3)4)38-30-26-22-18-14-10-8-12-16-20-24-28-36(6)32-38/h31-36,39-40H,7-30H2,1-6H3/b37-31+,38-32+. The minimum absolute atomic E-state index is 0.244. The molecule has 0 aromatic heterocycles. The smallest absolute Gasteiger partial charge is 0.0816 e. The molecule has 240 valence electrons. The van der Waals surface area contributed by atoms with Crippen molar-refractivity contribution < 1.29 is 4.74 Å². The first-order valence-electron chi connectivity index (χ1n) is 18.9. The van der Waals surface area contributed by atoms with Gasteiger partial charge in [0.2, 0.25) is 0 Å². The Labute approximate surface area is 259 Å². The van der Waals surface area contributed by atoms with Crippen molar-refractivity contribution in [2.75, 3.05) is 0 Å². The van der Waals surface area contributed by atoms with Crippen molar-refractivity contribution in [1.82, 2.24) is 0 Å². The fraction of sp³-hybridized carbons (Fsp3) is 0.900. The fourth-order valence-electron chi connectivity index (χ4n) is 7.46. The van der Waals surface area contributed by atoms with Crippen LogP contribution in [0.2, 0.25) is 0 Å². The van der Waals surface area contributed by atoms with Gasteiger partial charge < -0.3 is 4.74 Å². The highest BCUT2D eigenvalue weighted by Gasteiger charge is 2.28. The molecule has 4 unspecified atom stereocenters. The van der Waals surface area contributed by atoms with Gasteiger partial charge in [0.1, 0.15) is 0 Å². The molecule has 0 N–H and O–H groups in total. The third kappa shape index (κ3) is 16.8. The molecular weight excluding hydrogens is 496 g/mol. The molecule has 41 heavy (non-hydrogen) atoms. The van der Waals surface area contributed by atoms with Crippen LogP contribution in [0.25, 0.3) is 0 Å². The van der Waals surface area contributed by atoms with Crippen LogP contribution in [-0.2, 0) is 4.74 Å². The van der Waals surface area contributed by atoms with E-state index in [4.69, 9.17) is 4.74 Å². The van der Waals surface area contributed by atoms with Gasteiger partial charge in [0, 0.05) is 0 Å². The predicted octanol–water partition coefficient (Wildman–Crippen LogP) is 13.6. The topological polar surface area (TPSA) is 9.23 Å². The van der Waals surface area contributed by atoms with E-state index in [1.807, 2.05) is 0 Å². The second-order valence-electron chi connectivity index (χ2n) is 15.1. The van der Waals surface area contributed by atoms with Crippen molar-refractivity contribution in [3.63, 3.8) is 0 Å². The van der Waals surface area contributed by atoms with Gasteiger partial charge in [0.15, 0.2) is 0 Å². The zero-order valence-corrected chi connectivity index (χ0v) is 29.0. The molecule has 0 radical (unpaired) electrons. The Bertz CT molecular complexity index is 627. The Morgan fingerprint density at radius 2 is 0.707 bits per heavy atom. The lowest BCUT2D eigenvalue weighted by Gasteiger charge is -2.34. The highest BCUT2D eigenvalue weighted by molar-refractivity contribution is 5.16. The lowest BCUT2D eigenvalue weighted by molar-refractivity contribution is -0.0221. The maximum absolute atomic E-state index is 7.39. The zero-order chi connectivity index (χ0) is 29.7. The van der Waals surface area contributed by atoms with Crippen molar-refractivity contribution in [2.24, 2.45) is 23.7 Å². The fourth-order valence-corrected chi connectivity index (χ4v) is 7.46. The van der Waals surface area contributed by atoms with Crippen LogP contribution < -0.4 is 0 Å². The van der Waals surface area contributed by atoms with Crippen LogP contribution in [0.3, 0.4) is 0 Å². The van der Waals surface area contributed by atoms with Gasteiger partial charge in [-0.3, -0.25) is 0 Å². The van der Waals surface area contributed by atoms with Crippen molar-refractivity contribution in [3.05, 3.63) is 23.3 Å². The van der Waals surface area contributed by atoms with Crippen LogP contribution in [0.15, 0.2) is 23.3 Å². The summed E-state index contributed by atoms with van der Waals surface area (Å²) in [5, 5.41) is 0. The van der Waals surface area contributed by atoms with E-state index in [1.165, 1.54) is 154 Å². The average Bonchev–Trinajstić information content (AvgIpc) is 2.94. The molecule has 0 spiro atoms. The summed E-state index contributed by atoms with van der Waals surface area (Å²) in [6.07, 6.45) is 39.3. The van der Waals surface area contributed by atoms with Gasteiger partial charge in [0.25, 0.3) is 0 Å². The minimum atomic E-state index is 0.244. The van der Waals surface area contributed by atoms with Gasteiger partial charge in [-0.25, -0.2) is 0 Å². The highest BCUT2D eigenvalue weighted by Crippen LogP contribution is 2.32. The Morgan fingerprint density at radius 1 is 0.439 bits per heavy atom. The van der Waals surface area contributed by atoms with E-state index < -0.39 is 0 Å². The van der Waals surface area contributed by atoms with E-state index in [0.717, 1.165) is 0 Å². The quantitative estimate of drug-likeness (QED) is 0.289. The van der Waals surface area contributed by atoms with Crippen molar-refractivity contribution in [2.45, 2.75) is 208 Å². The highest BCUT2D eigenvalue weighted by atomic mass is 16.5. The molecule has 0 fully saturated rings. The predicted molar refractivity (Wildman–Crippen MR) is 184 cm³/mol. The first kappa shape index (κ1) is 36.6. The van der Waals surface area contributed by atoms with Crippen LogP contribution in [0.4, 0.5) is 0 Å². The summed E-state index contributed by atoms with van der Waals surface area (Å²) < 4.78 is 7.39. The molecule has 4 atom stereocenters. The van der Waals surface area contributed by atoms with E-state index in [2.05, 4.69) is 53.7 Å². The SMILES string of the molecule is CC1/C=C(/C(OC(/C2=C/C(C)CCCCCCCCCCCC2)C(C)C)C(C)C)CCCCCCCCCCCC1. The first-order valence-corrected chi connectivity index (χ1v) is 18.9. The zero-order valence-electron chi connectivity index (χ0n) is 29.0. The lowest BCUT2D eigenvalue weighted by atomic mass is 9.87. The van der Waals surface area contributed by atoms with Gasteiger partial charge in [-0.15, -0.1) is 0 Å². The second-order valence-corrected chi connectivity index (χ2v) is 15.1. The minimum Gasteiger partial charge on any atom is -0.366 e. The van der Waals surface area contributed by atoms with E-state index in [9.17, 15) is 0 Å². The normalized spacial score (nSPS) is 29.1. The molecule has 1 heteroatoms. The molecule has 0 heterocycles. The molecule has 0 aromatic carbocycles. The number of hydrogen-bond acceptors (Lipinski definition) is 1. The molecule has 0 saturated carbocycles. The maximum atomic E-state index is 7.39. The summed E-state index contributed by atoms with van der Waals surface area (Å²) in [6.45, 7) is 14.6. The summed E-state index contributed by atoms with van der Waals surface area (Å²) in [6, 6.07) is 0. The molecule has 0 bridgehead atoms. The first-order chi connectivity index (χ1) is 19.9. The lowest BCUT2D eigenvalue weighted by Crippen LogP contribution is -2.33. The van der Waals surface area contributed by atoms with E-state index in [0.29, 0.717) is 23.7 Å². The number of rotatable bonds is 6. The maximum Gasteiger partial charge on any atom is 0.0816 e. The van der Waals surface area contributed by atoms with Crippen LogP contribution in [0, 0.1) is 23.7 Å². The Morgan fingerprint density at radius 3 is 1.00 bits per heavy atom. The third-order valence-corrected chi connectivity index (χ3v) is 9.98. The average molecular weight is 571 g/mol. The van der Waals surface area contributed by atoms with Crippen LogP contribution in [-0.4, -0.2) is 12.2 Å². The van der Waals surface area contributed by atoms with Gasteiger partial charge in [-0.2, -0.15) is 0 Å². The molecule has 0 aliphatic heterocycles. The number of allylic oxidation sites excluding steroid dienone is 2. The molecule has 0 aromatic rings. The van der Waals surface area contributed by atoms with Crippen LogP contribution in [0.1, 0.15) is 196 Å². The van der Waals surface area contributed by atoms with Crippen molar-refractivity contribution in [1.29, 1.82) is 0 Å². The second kappa shape index (κ2) is 22.9. The van der Waals surface area contributed by atoms with Crippen LogP contribution in [0.5, 0.6) is 0 Å². The Kier molecular flexibility index (Phi) is 20.5. The summed E-state index contributed by atoms with van der Waals surface area (Å²) in [5.41, 5.74) is 3.25. The molecule has 2 aliphatic carbocycles. The molecular formula is C40H74O. The molecule has 0 amide bonds. The monoisotopic (exact) mass is 571 g/mol. The van der Waals surface area contributed by atoms with E-state index in [-0.39, 0.29) is 12.2 Å². The van der Waals surface area contributed by atoms with Crippen molar-refractivity contribution >= 4 is 0 Å². The van der Waals surface area contributed by atoms with Gasteiger partial charge in [-0.1, -0.05) is 169 Å². The largest absolute Gasteiger partial charge is 0.366 e. The summed E-state index contributed by atoms with van der Waals surface area (Å²) >= 11 is 0. The van der Waals surface area contributed by atoms with E-state index in [1.54, 1.807) is 11.1 Å². The van der Waals surface area contributed by atoms with Crippen molar-refractivity contribution in [3.8, 4) is 0 Å². The molecule has 2 rings (SSSR count).